The number of ether oxygens (including phenoxy) is 1. The molecule has 2 aliphatic rings. The summed E-state index contributed by atoms with van der Waals surface area (Å²) in [5.41, 5.74) is 6.98. The lowest BCUT2D eigenvalue weighted by Gasteiger charge is -2.32. The number of fused-ring (bicyclic) bond motifs is 2. The maximum absolute atomic E-state index is 6.02. The Bertz CT molecular complexity index is 858. The second-order valence-electron chi connectivity index (χ2n) is 5.63. The number of hydrogen-bond acceptors (Lipinski definition) is 9. The van der Waals surface area contributed by atoms with Crippen LogP contribution in [0.3, 0.4) is 0 Å². The van der Waals surface area contributed by atoms with E-state index < -0.39 is 6.72 Å². The van der Waals surface area contributed by atoms with E-state index in [0.717, 1.165) is 0 Å². The van der Waals surface area contributed by atoms with Crippen LogP contribution in [0.2, 0.25) is 0 Å². The van der Waals surface area contributed by atoms with Gasteiger partial charge in [-0.3, -0.25) is 13.6 Å². The molecule has 2 N–H and O–H groups in total. The van der Waals surface area contributed by atoms with Gasteiger partial charge in [0.25, 0.3) is 0 Å². The summed E-state index contributed by atoms with van der Waals surface area (Å²) in [7, 11) is 0. The summed E-state index contributed by atoms with van der Waals surface area (Å²) in [5, 5.41) is 0. The molecule has 0 radical (unpaired) electrons. The minimum atomic E-state index is -2.82. The predicted molar refractivity (Wildman–Crippen MR) is 89.3 cm³/mol. The van der Waals surface area contributed by atoms with Crippen molar-refractivity contribution in [3.05, 3.63) is 25.0 Å². The summed E-state index contributed by atoms with van der Waals surface area (Å²) >= 11 is 5.36. The summed E-state index contributed by atoms with van der Waals surface area (Å²) in [4.78, 5) is 12.4. The maximum atomic E-state index is 6.02. The van der Waals surface area contributed by atoms with Crippen molar-refractivity contribution in [1.82, 2.24) is 19.5 Å². The van der Waals surface area contributed by atoms with Gasteiger partial charge in [0.05, 0.1) is 18.7 Å². The van der Waals surface area contributed by atoms with Crippen molar-refractivity contribution in [1.29, 1.82) is 0 Å². The third-order valence-electron chi connectivity index (χ3n) is 3.81. The molecule has 128 valence electrons. The zero-order chi connectivity index (χ0) is 16.9. The molecule has 0 spiro atoms. The second-order valence-corrected chi connectivity index (χ2v) is 8.52. The Morgan fingerprint density at radius 2 is 2.29 bits per heavy atom. The van der Waals surface area contributed by atoms with Gasteiger partial charge < -0.3 is 15.0 Å². The topological polar surface area (TPSA) is 107 Å². The van der Waals surface area contributed by atoms with Gasteiger partial charge in [0.2, 0.25) is 0 Å². The van der Waals surface area contributed by atoms with Crippen molar-refractivity contribution in [3.8, 4) is 0 Å². The lowest BCUT2D eigenvalue weighted by molar-refractivity contribution is -0.0589. The predicted octanol–water partition coefficient (Wildman–Crippen LogP) is 1.89. The van der Waals surface area contributed by atoms with Gasteiger partial charge in [-0.1, -0.05) is 6.58 Å². The number of aromatic nitrogens is 4. The zero-order valence-electron chi connectivity index (χ0n) is 12.9. The van der Waals surface area contributed by atoms with Crippen molar-refractivity contribution in [2.45, 2.75) is 31.8 Å². The minimum absolute atomic E-state index is 0.217. The number of hydrogen-bond donors (Lipinski definition) is 1. The van der Waals surface area contributed by atoms with Gasteiger partial charge in [0, 0.05) is 18.2 Å². The maximum Gasteiger partial charge on any atom is 0.380 e. The average molecular weight is 369 g/mol. The highest BCUT2D eigenvalue weighted by Crippen LogP contribution is 2.58. The molecule has 0 aliphatic carbocycles. The van der Waals surface area contributed by atoms with E-state index in [2.05, 4.69) is 21.5 Å². The normalized spacial score (nSPS) is 32.6. The molecule has 0 saturated carbocycles. The van der Waals surface area contributed by atoms with Crippen LogP contribution in [0.1, 0.15) is 19.6 Å². The van der Waals surface area contributed by atoms with Gasteiger partial charge in [-0.15, -0.1) is 0 Å². The fourth-order valence-electron chi connectivity index (χ4n) is 2.81. The van der Waals surface area contributed by atoms with Crippen LogP contribution in [0, 0.1) is 0 Å². The molecule has 0 aromatic carbocycles. The molecule has 11 heteroatoms. The molecule has 4 heterocycles. The highest BCUT2D eigenvalue weighted by atomic mass is 32.5. The molecule has 4 rings (SSSR count). The summed E-state index contributed by atoms with van der Waals surface area (Å²) in [6.07, 6.45) is 2.88. The largest absolute Gasteiger partial charge is 0.430 e. The monoisotopic (exact) mass is 369 g/mol. The molecule has 9 nitrogen and oxygen atoms in total. The molecular weight excluding hydrogens is 353 g/mol. The van der Waals surface area contributed by atoms with Crippen molar-refractivity contribution in [2.75, 3.05) is 12.3 Å². The Morgan fingerprint density at radius 1 is 1.46 bits per heavy atom. The van der Waals surface area contributed by atoms with Crippen LogP contribution in [0.25, 0.3) is 11.2 Å². The van der Waals surface area contributed by atoms with Gasteiger partial charge in [-0.25, -0.2) is 15.0 Å². The highest BCUT2D eigenvalue weighted by molar-refractivity contribution is 8.07. The van der Waals surface area contributed by atoms with Crippen LogP contribution in [0.5, 0.6) is 0 Å². The molecule has 0 bridgehead atoms. The van der Waals surface area contributed by atoms with E-state index in [9.17, 15) is 0 Å². The summed E-state index contributed by atoms with van der Waals surface area (Å²) in [6.45, 7) is 2.90. The first kappa shape index (κ1) is 15.9. The van der Waals surface area contributed by atoms with E-state index in [1.165, 1.54) is 6.33 Å². The molecule has 2 saturated heterocycles. The quantitative estimate of drug-likeness (QED) is 0.641. The molecule has 0 amide bonds. The standard InChI is InChI=1S/C13H16N5O4PS/c1-7(2)21-23(24)19-4-9-8(22-23)3-10(20-9)18-6-17-11-12(14)15-5-16-13(11)18/h5-6,8-10H,1,3-4H2,2H3,(H2,14,15,16). The number of rotatable bonds is 3. The minimum Gasteiger partial charge on any atom is -0.430 e. The number of imidazole rings is 1. The third kappa shape index (κ3) is 2.70. The molecule has 2 aromatic heterocycles. The lowest BCUT2D eigenvalue weighted by Crippen LogP contribution is -2.33. The smallest absolute Gasteiger partial charge is 0.380 e. The first-order valence-corrected chi connectivity index (χ1v) is 9.87. The van der Waals surface area contributed by atoms with E-state index in [1.807, 2.05) is 4.57 Å². The van der Waals surface area contributed by atoms with Crippen LogP contribution >= 0.6 is 6.72 Å². The molecule has 2 aromatic rings. The summed E-state index contributed by atoms with van der Waals surface area (Å²) in [5.74, 6) is 0.805. The number of nitrogen functional groups attached to an aromatic ring is 1. The molecule has 4 unspecified atom stereocenters. The van der Waals surface area contributed by atoms with Crippen molar-refractivity contribution in [3.63, 3.8) is 0 Å². The first-order chi connectivity index (χ1) is 11.5. The SMILES string of the molecule is C=C(C)OP1(=S)OCC2OC(n3cnc4c(N)ncnc43)CC2O1. The molecule has 2 fully saturated rings. The number of nitrogens with zero attached hydrogens (tertiary/aromatic N) is 4. The fourth-order valence-corrected chi connectivity index (χ4v) is 5.13. The number of nitrogens with two attached hydrogens (primary N) is 1. The Labute approximate surface area is 143 Å². The summed E-state index contributed by atoms with van der Waals surface area (Å²) in [6, 6.07) is 0. The molecule has 2 aliphatic heterocycles. The van der Waals surface area contributed by atoms with Gasteiger partial charge in [0.15, 0.2) is 11.5 Å². The number of allylic oxidation sites excluding steroid dienone is 1. The van der Waals surface area contributed by atoms with E-state index in [0.29, 0.717) is 35.8 Å². The van der Waals surface area contributed by atoms with Crippen LogP contribution in [-0.2, 0) is 30.1 Å². The molecule has 4 atom stereocenters. The Balaban J connectivity index is 1.57. The Kier molecular flexibility index (Phi) is 3.81. The Hall–Kier alpha value is -1.58. The van der Waals surface area contributed by atoms with E-state index >= 15 is 0 Å². The van der Waals surface area contributed by atoms with Crippen molar-refractivity contribution in [2.24, 2.45) is 0 Å². The lowest BCUT2D eigenvalue weighted by atomic mass is 10.2. The van der Waals surface area contributed by atoms with Crippen LogP contribution in [0.15, 0.2) is 25.0 Å². The van der Waals surface area contributed by atoms with Gasteiger partial charge in [0.1, 0.15) is 30.3 Å². The van der Waals surface area contributed by atoms with Crippen LogP contribution in [0.4, 0.5) is 5.82 Å². The van der Waals surface area contributed by atoms with Gasteiger partial charge >= 0.3 is 6.72 Å². The van der Waals surface area contributed by atoms with Gasteiger partial charge in [-0.2, -0.15) is 0 Å². The summed E-state index contributed by atoms with van der Waals surface area (Å²) < 4.78 is 24.8. The average Bonchev–Trinajstić information content (AvgIpc) is 3.09. The zero-order valence-corrected chi connectivity index (χ0v) is 14.6. The Morgan fingerprint density at radius 3 is 3.08 bits per heavy atom. The van der Waals surface area contributed by atoms with Crippen molar-refractivity contribution < 1.29 is 18.3 Å². The van der Waals surface area contributed by atoms with E-state index in [4.69, 9.17) is 35.8 Å². The first-order valence-electron chi connectivity index (χ1n) is 7.32. The van der Waals surface area contributed by atoms with Crippen LogP contribution < -0.4 is 5.73 Å². The van der Waals surface area contributed by atoms with E-state index in [-0.39, 0.29) is 18.4 Å². The van der Waals surface area contributed by atoms with E-state index in [1.54, 1.807) is 13.3 Å². The van der Waals surface area contributed by atoms with Crippen molar-refractivity contribution >= 4 is 35.5 Å². The number of anilines is 1. The van der Waals surface area contributed by atoms with Crippen LogP contribution in [-0.4, -0.2) is 38.3 Å². The molecule has 24 heavy (non-hydrogen) atoms. The fraction of sp³-hybridized carbons (Fsp3) is 0.462. The van der Waals surface area contributed by atoms with Gasteiger partial charge in [-0.05, 0) is 6.92 Å². The molecular formula is C13H16N5O4PS. The third-order valence-corrected chi connectivity index (χ3v) is 6.13. The highest BCUT2D eigenvalue weighted by Gasteiger charge is 2.46. The second kappa shape index (κ2) is 5.75.